The zero-order chi connectivity index (χ0) is 13.4. The van der Waals surface area contributed by atoms with E-state index in [0.29, 0.717) is 31.9 Å². The highest BCUT2D eigenvalue weighted by atomic mass is 16.5. The second-order valence-corrected chi connectivity index (χ2v) is 4.66. The van der Waals surface area contributed by atoms with Crippen molar-refractivity contribution in [3.05, 3.63) is 0 Å². The Kier molecular flexibility index (Phi) is 6.49. The van der Waals surface area contributed by atoms with Crippen molar-refractivity contribution in [1.29, 1.82) is 0 Å². The number of carboxylic acids is 1. The molecule has 1 saturated heterocycles. The van der Waals surface area contributed by atoms with E-state index in [4.69, 9.17) is 9.84 Å². The number of urea groups is 1. The lowest BCUT2D eigenvalue weighted by molar-refractivity contribution is -0.137. The van der Waals surface area contributed by atoms with Gasteiger partial charge in [-0.3, -0.25) is 4.79 Å². The predicted octanol–water partition coefficient (Wildman–Crippen LogP) is 0.965. The highest BCUT2D eigenvalue weighted by Gasteiger charge is 2.23. The average Bonchev–Trinajstić information content (AvgIpc) is 2.81. The van der Waals surface area contributed by atoms with Crippen molar-refractivity contribution < 1.29 is 19.4 Å². The van der Waals surface area contributed by atoms with Crippen LogP contribution >= 0.6 is 0 Å². The molecule has 2 atom stereocenters. The summed E-state index contributed by atoms with van der Waals surface area (Å²) in [6.45, 7) is 3.96. The Morgan fingerprint density at radius 2 is 2.22 bits per heavy atom. The number of amides is 2. The molecule has 1 rings (SSSR count). The third-order valence-electron chi connectivity index (χ3n) is 3.13. The number of hydrogen-bond acceptors (Lipinski definition) is 3. The largest absolute Gasteiger partial charge is 0.481 e. The molecule has 2 amide bonds. The van der Waals surface area contributed by atoms with Gasteiger partial charge in [-0.2, -0.15) is 0 Å². The van der Waals surface area contributed by atoms with E-state index in [2.05, 4.69) is 10.6 Å². The Morgan fingerprint density at radius 3 is 2.83 bits per heavy atom. The highest BCUT2D eigenvalue weighted by molar-refractivity contribution is 5.74. The molecule has 1 heterocycles. The van der Waals surface area contributed by atoms with E-state index in [1.807, 2.05) is 6.92 Å². The molecule has 0 aliphatic carbocycles. The summed E-state index contributed by atoms with van der Waals surface area (Å²) >= 11 is 0. The molecule has 0 bridgehead atoms. The summed E-state index contributed by atoms with van der Waals surface area (Å²) in [5.74, 6) is -0.405. The molecule has 1 aliphatic rings. The Bertz CT molecular complexity index is 277. The summed E-state index contributed by atoms with van der Waals surface area (Å²) in [5.41, 5.74) is 0. The third kappa shape index (κ3) is 5.86. The number of hydrogen-bond donors (Lipinski definition) is 3. The van der Waals surface area contributed by atoms with Crippen LogP contribution in [0, 0.1) is 5.92 Å². The molecule has 0 radical (unpaired) electrons. The summed E-state index contributed by atoms with van der Waals surface area (Å²) in [4.78, 5) is 21.8. The van der Waals surface area contributed by atoms with Gasteiger partial charge < -0.3 is 20.5 Å². The second-order valence-electron chi connectivity index (χ2n) is 4.66. The molecular formula is C12H22N2O4. The first-order valence-corrected chi connectivity index (χ1v) is 6.43. The van der Waals surface area contributed by atoms with E-state index in [-0.39, 0.29) is 18.5 Å². The molecule has 104 valence electrons. The summed E-state index contributed by atoms with van der Waals surface area (Å²) in [5, 5.41) is 14.1. The number of carbonyl (C=O) groups excluding carboxylic acids is 1. The minimum absolute atomic E-state index is 0.103. The van der Waals surface area contributed by atoms with Crippen LogP contribution in [0.2, 0.25) is 0 Å². The molecule has 6 nitrogen and oxygen atoms in total. The molecule has 0 aromatic rings. The number of ether oxygens (including phenoxy) is 1. The minimum Gasteiger partial charge on any atom is -0.481 e. The summed E-state index contributed by atoms with van der Waals surface area (Å²) in [6.07, 6.45) is 2.40. The summed E-state index contributed by atoms with van der Waals surface area (Å²) in [6, 6.07) is -0.0868. The first kappa shape index (κ1) is 14.8. The van der Waals surface area contributed by atoms with Gasteiger partial charge in [0.25, 0.3) is 0 Å². The SMILES string of the molecule is CC(NC(=O)NCCCCC(=O)O)C1CCOC1. The highest BCUT2D eigenvalue weighted by Crippen LogP contribution is 2.16. The van der Waals surface area contributed by atoms with Crippen molar-refractivity contribution in [1.82, 2.24) is 10.6 Å². The van der Waals surface area contributed by atoms with Crippen molar-refractivity contribution in [2.24, 2.45) is 5.92 Å². The molecule has 3 N–H and O–H groups in total. The molecule has 0 spiro atoms. The molecule has 0 aromatic carbocycles. The molecule has 1 aliphatic heterocycles. The number of aliphatic carboxylic acids is 1. The molecular weight excluding hydrogens is 236 g/mol. The van der Waals surface area contributed by atoms with Crippen molar-refractivity contribution >= 4 is 12.0 Å². The lowest BCUT2D eigenvalue weighted by Crippen LogP contribution is -2.44. The van der Waals surface area contributed by atoms with E-state index >= 15 is 0 Å². The van der Waals surface area contributed by atoms with Gasteiger partial charge in [-0.15, -0.1) is 0 Å². The number of rotatable bonds is 7. The van der Waals surface area contributed by atoms with E-state index < -0.39 is 5.97 Å². The Balaban J connectivity index is 2.04. The van der Waals surface area contributed by atoms with Gasteiger partial charge in [0.1, 0.15) is 0 Å². The topological polar surface area (TPSA) is 87.7 Å². The molecule has 18 heavy (non-hydrogen) atoms. The quantitative estimate of drug-likeness (QED) is 0.594. The average molecular weight is 258 g/mol. The van der Waals surface area contributed by atoms with Crippen LogP contribution in [0.25, 0.3) is 0 Å². The van der Waals surface area contributed by atoms with Crippen molar-refractivity contribution in [2.75, 3.05) is 19.8 Å². The van der Waals surface area contributed by atoms with Gasteiger partial charge in [0, 0.05) is 31.5 Å². The van der Waals surface area contributed by atoms with Crippen molar-refractivity contribution in [2.45, 2.75) is 38.6 Å². The molecule has 2 unspecified atom stereocenters. The smallest absolute Gasteiger partial charge is 0.315 e. The van der Waals surface area contributed by atoms with Crippen LogP contribution in [0.5, 0.6) is 0 Å². The van der Waals surface area contributed by atoms with E-state index in [1.165, 1.54) is 0 Å². The van der Waals surface area contributed by atoms with Gasteiger partial charge in [0.05, 0.1) is 6.61 Å². The summed E-state index contributed by atoms with van der Waals surface area (Å²) in [7, 11) is 0. The molecule has 0 saturated carbocycles. The van der Waals surface area contributed by atoms with Crippen molar-refractivity contribution in [3.63, 3.8) is 0 Å². The fraction of sp³-hybridized carbons (Fsp3) is 0.833. The van der Waals surface area contributed by atoms with Gasteiger partial charge >= 0.3 is 12.0 Å². The van der Waals surface area contributed by atoms with Crippen LogP contribution < -0.4 is 10.6 Å². The lowest BCUT2D eigenvalue weighted by Gasteiger charge is -2.19. The molecule has 1 fully saturated rings. The van der Waals surface area contributed by atoms with Gasteiger partial charge in [-0.05, 0) is 26.2 Å². The standard InChI is InChI=1S/C12H22N2O4/c1-9(10-5-7-18-8-10)14-12(17)13-6-3-2-4-11(15)16/h9-10H,2-8H2,1H3,(H,15,16)(H2,13,14,17). The minimum atomic E-state index is -0.797. The van der Waals surface area contributed by atoms with Crippen LogP contribution in [0.3, 0.4) is 0 Å². The van der Waals surface area contributed by atoms with Gasteiger partial charge in [-0.25, -0.2) is 4.79 Å². The Labute approximate surface area is 107 Å². The first-order chi connectivity index (χ1) is 8.59. The van der Waals surface area contributed by atoms with Crippen LogP contribution in [-0.4, -0.2) is 42.9 Å². The maximum absolute atomic E-state index is 11.5. The van der Waals surface area contributed by atoms with E-state index in [1.54, 1.807) is 0 Å². The van der Waals surface area contributed by atoms with Crippen LogP contribution in [0.4, 0.5) is 4.79 Å². The van der Waals surface area contributed by atoms with E-state index in [0.717, 1.165) is 13.0 Å². The van der Waals surface area contributed by atoms with Crippen LogP contribution in [-0.2, 0) is 9.53 Å². The molecule has 6 heteroatoms. The number of nitrogens with one attached hydrogen (secondary N) is 2. The first-order valence-electron chi connectivity index (χ1n) is 6.43. The third-order valence-corrected chi connectivity index (χ3v) is 3.13. The lowest BCUT2D eigenvalue weighted by atomic mass is 10.0. The molecule has 0 aromatic heterocycles. The van der Waals surface area contributed by atoms with Crippen molar-refractivity contribution in [3.8, 4) is 0 Å². The second kappa shape index (κ2) is 7.92. The fourth-order valence-electron chi connectivity index (χ4n) is 1.93. The Morgan fingerprint density at radius 1 is 1.44 bits per heavy atom. The van der Waals surface area contributed by atoms with Gasteiger partial charge in [0.15, 0.2) is 0 Å². The van der Waals surface area contributed by atoms with Gasteiger partial charge in [-0.1, -0.05) is 0 Å². The predicted molar refractivity (Wildman–Crippen MR) is 66.4 cm³/mol. The van der Waals surface area contributed by atoms with Crippen LogP contribution in [0.1, 0.15) is 32.6 Å². The van der Waals surface area contributed by atoms with Gasteiger partial charge in [0.2, 0.25) is 0 Å². The maximum Gasteiger partial charge on any atom is 0.315 e. The van der Waals surface area contributed by atoms with Crippen LogP contribution in [0.15, 0.2) is 0 Å². The fourth-order valence-corrected chi connectivity index (χ4v) is 1.93. The number of unbranched alkanes of at least 4 members (excludes halogenated alkanes) is 1. The maximum atomic E-state index is 11.5. The normalized spacial score (nSPS) is 20.4. The monoisotopic (exact) mass is 258 g/mol. The number of carbonyl (C=O) groups is 2. The summed E-state index contributed by atoms with van der Waals surface area (Å²) < 4.78 is 5.27. The zero-order valence-electron chi connectivity index (χ0n) is 10.8. The van der Waals surface area contributed by atoms with E-state index in [9.17, 15) is 9.59 Å². The zero-order valence-corrected chi connectivity index (χ0v) is 10.8. The number of carboxylic acid groups (broad SMARTS) is 1. The Hall–Kier alpha value is -1.30.